The Bertz CT molecular complexity index is 735. The molecule has 0 saturated carbocycles. The van der Waals surface area contributed by atoms with Crippen molar-refractivity contribution in [2.24, 2.45) is 0 Å². The van der Waals surface area contributed by atoms with Gasteiger partial charge < -0.3 is 9.64 Å². The molecule has 0 saturated heterocycles. The van der Waals surface area contributed by atoms with Gasteiger partial charge in [0.05, 0.1) is 11.7 Å². The Labute approximate surface area is 131 Å². The minimum absolute atomic E-state index is 0.0629. The molecule has 1 heterocycles. The van der Waals surface area contributed by atoms with Crippen LogP contribution < -0.4 is 9.64 Å². The number of hydrogen-bond acceptors (Lipinski definition) is 3. The summed E-state index contributed by atoms with van der Waals surface area (Å²) in [4.78, 5) is 16.1. The van der Waals surface area contributed by atoms with Gasteiger partial charge in [0, 0.05) is 24.9 Å². The predicted molar refractivity (Wildman–Crippen MR) is 79.1 cm³/mol. The van der Waals surface area contributed by atoms with E-state index in [4.69, 9.17) is 4.74 Å². The molecule has 0 N–H and O–H groups in total. The number of benzene rings is 1. The Hall–Kier alpha value is -2.57. The van der Waals surface area contributed by atoms with Crippen LogP contribution in [0.1, 0.15) is 24.2 Å². The highest BCUT2D eigenvalue weighted by atomic mass is 19.2. The average Bonchev–Trinajstić information content (AvgIpc) is 2.49. The van der Waals surface area contributed by atoms with Crippen molar-refractivity contribution in [3.05, 3.63) is 53.6 Å². The van der Waals surface area contributed by atoms with E-state index in [1.54, 1.807) is 24.3 Å². The zero-order chi connectivity index (χ0) is 17.1. The van der Waals surface area contributed by atoms with Gasteiger partial charge in [0.1, 0.15) is 5.75 Å². The smallest absolute Gasteiger partial charge is 0.261 e. The Morgan fingerprint density at radius 2 is 1.91 bits per heavy atom. The highest BCUT2D eigenvalue weighted by molar-refractivity contribution is 6.05. The standard InChI is InChI=1S/C16H15F3N2O2/c1-9(2)23-11-6-4-5-10(7-11)21(3)16(22)12-8-13(17)20-15(19)14(12)18/h4-9H,1-3H3. The van der Waals surface area contributed by atoms with Crippen LogP contribution in [0.5, 0.6) is 5.75 Å². The number of rotatable bonds is 4. The van der Waals surface area contributed by atoms with Crippen molar-refractivity contribution >= 4 is 11.6 Å². The summed E-state index contributed by atoms with van der Waals surface area (Å²) < 4.78 is 45.5. The van der Waals surface area contributed by atoms with Gasteiger partial charge >= 0.3 is 0 Å². The van der Waals surface area contributed by atoms with Crippen molar-refractivity contribution in [3.8, 4) is 5.75 Å². The van der Waals surface area contributed by atoms with Gasteiger partial charge in [0.15, 0.2) is 5.82 Å². The second kappa shape index (κ2) is 6.68. The van der Waals surface area contributed by atoms with Crippen LogP contribution in [-0.2, 0) is 0 Å². The van der Waals surface area contributed by atoms with Gasteiger partial charge in [-0.05, 0) is 26.0 Å². The number of pyridine rings is 1. The molecule has 23 heavy (non-hydrogen) atoms. The maximum atomic E-state index is 13.7. The Morgan fingerprint density at radius 1 is 1.22 bits per heavy atom. The van der Waals surface area contributed by atoms with Gasteiger partial charge in [-0.3, -0.25) is 4.79 Å². The fourth-order valence-electron chi connectivity index (χ4n) is 1.96. The summed E-state index contributed by atoms with van der Waals surface area (Å²) in [5.74, 6) is -4.79. The highest BCUT2D eigenvalue weighted by Crippen LogP contribution is 2.23. The molecule has 1 amide bonds. The lowest BCUT2D eigenvalue weighted by atomic mass is 10.2. The van der Waals surface area contributed by atoms with E-state index in [0.717, 1.165) is 4.90 Å². The van der Waals surface area contributed by atoms with Gasteiger partial charge in [-0.15, -0.1) is 0 Å². The molecule has 1 aromatic carbocycles. The Kier molecular flexibility index (Phi) is 4.88. The van der Waals surface area contributed by atoms with Crippen LogP contribution in [0.15, 0.2) is 30.3 Å². The molecule has 0 unspecified atom stereocenters. The third kappa shape index (κ3) is 3.80. The van der Waals surface area contributed by atoms with E-state index in [0.29, 0.717) is 17.5 Å². The third-order valence-corrected chi connectivity index (χ3v) is 3.00. The van der Waals surface area contributed by atoms with Crippen molar-refractivity contribution in [1.29, 1.82) is 0 Å². The fraction of sp³-hybridized carbons (Fsp3) is 0.250. The summed E-state index contributed by atoms with van der Waals surface area (Å²) in [6.45, 7) is 3.69. The molecular formula is C16H15F3N2O2. The quantitative estimate of drug-likeness (QED) is 0.808. The Morgan fingerprint density at radius 3 is 2.57 bits per heavy atom. The van der Waals surface area contributed by atoms with E-state index in [1.807, 2.05) is 13.8 Å². The molecule has 0 atom stereocenters. The number of ether oxygens (including phenoxy) is 1. The summed E-state index contributed by atoms with van der Waals surface area (Å²) in [5.41, 5.74) is -0.335. The SMILES string of the molecule is CC(C)Oc1cccc(N(C)C(=O)c2cc(F)nc(F)c2F)c1. The molecule has 0 radical (unpaired) electrons. The number of anilines is 1. The van der Waals surface area contributed by atoms with Crippen molar-refractivity contribution in [1.82, 2.24) is 4.98 Å². The lowest BCUT2D eigenvalue weighted by Crippen LogP contribution is -2.28. The first-order chi connectivity index (χ1) is 10.8. The maximum absolute atomic E-state index is 13.7. The summed E-state index contributed by atoms with van der Waals surface area (Å²) in [5, 5.41) is 0. The summed E-state index contributed by atoms with van der Waals surface area (Å²) in [7, 11) is 1.37. The first-order valence-corrected chi connectivity index (χ1v) is 6.86. The van der Waals surface area contributed by atoms with E-state index >= 15 is 0 Å². The molecule has 0 aliphatic carbocycles. The molecule has 7 heteroatoms. The van der Waals surface area contributed by atoms with Crippen LogP contribution in [-0.4, -0.2) is 24.0 Å². The molecule has 0 spiro atoms. The van der Waals surface area contributed by atoms with Crippen LogP contribution in [0.2, 0.25) is 0 Å². The number of hydrogen-bond donors (Lipinski definition) is 0. The first-order valence-electron chi connectivity index (χ1n) is 6.86. The molecule has 0 aliphatic rings. The second-order valence-electron chi connectivity index (χ2n) is 5.13. The van der Waals surface area contributed by atoms with Gasteiger partial charge in [0.25, 0.3) is 11.9 Å². The van der Waals surface area contributed by atoms with E-state index in [9.17, 15) is 18.0 Å². The summed E-state index contributed by atoms with van der Waals surface area (Å²) >= 11 is 0. The van der Waals surface area contributed by atoms with E-state index < -0.39 is 29.2 Å². The zero-order valence-electron chi connectivity index (χ0n) is 12.8. The topological polar surface area (TPSA) is 42.4 Å². The largest absolute Gasteiger partial charge is 0.491 e. The first kappa shape index (κ1) is 16.8. The van der Waals surface area contributed by atoms with E-state index in [1.165, 1.54) is 7.05 Å². The number of nitrogens with zero attached hydrogens (tertiary/aromatic N) is 2. The van der Waals surface area contributed by atoms with Gasteiger partial charge in [0.2, 0.25) is 5.95 Å². The van der Waals surface area contributed by atoms with Crippen LogP contribution in [0.25, 0.3) is 0 Å². The van der Waals surface area contributed by atoms with Crippen molar-refractivity contribution in [2.75, 3.05) is 11.9 Å². The highest BCUT2D eigenvalue weighted by Gasteiger charge is 2.22. The van der Waals surface area contributed by atoms with Crippen molar-refractivity contribution < 1.29 is 22.7 Å². The lowest BCUT2D eigenvalue weighted by Gasteiger charge is -2.19. The predicted octanol–water partition coefficient (Wildman–Crippen LogP) is 3.56. The maximum Gasteiger partial charge on any atom is 0.261 e. The van der Waals surface area contributed by atoms with Crippen LogP contribution in [0.3, 0.4) is 0 Å². The van der Waals surface area contributed by atoms with Crippen molar-refractivity contribution in [3.63, 3.8) is 0 Å². The van der Waals surface area contributed by atoms with E-state index in [2.05, 4.69) is 4.98 Å². The number of carbonyl (C=O) groups excluding carboxylic acids is 1. The zero-order valence-corrected chi connectivity index (χ0v) is 12.8. The average molecular weight is 324 g/mol. The second-order valence-corrected chi connectivity index (χ2v) is 5.13. The normalized spacial score (nSPS) is 10.7. The van der Waals surface area contributed by atoms with Crippen LogP contribution >= 0.6 is 0 Å². The van der Waals surface area contributed by atoms with Gasteiger partial charge in [-0.25, -0.2) is 4.39 Å². The van der Waals surface area contributed by atoms with Gasteiger partial charge in [-0.1, -0.05) is 6.07 Å². The van der Waals surface area contributed by atoms with Crippen LogP contribution in [0.4, 0.5) is 18.9 Å². The van der Waals surface area contributed by atoms with Crippen molar-refractivity contribution in [2.45, 2.75) is 20.0 Å². The monoisotopic (exact) mass is 324 g/mol. The molecule has 2 rings (SSSR count). The third-order valence-electron chi connectivity index (χ3n) is 3.00. The number of amides is 1. The molecule has 0 fully saturated rings. The number of halogens is 3. The minimum Gasteiger partial charge on any atom is -0.491 e. The number of aromatic nitrogens is 1. The molecule has 0 aliphatic heterocycles. The van der Waals surface area contributed by atoms with Gasteiger partial charge in [-0.2, -0.15) is 13.8 Å². The lowest BCUT2D eigenvalue weighted by molar-refractivity contribution is 0.0987. The minimum atomic E-state index is -1.65. The fourth-order valence-corrected chi connectivity index (χ4v) is 1.96. The molecule has 122 valence electrons. The Balaban J connectivity index is 2.33. The molecule has 2 aromatic rings. The molecule has 0 bridgehead atoms. The molecular weight excluding hydrogens is 309 g/mol. The van der Waals surface area contributed by atoms with E-state index in [-0.39, 0.29) is 6.10 Å². The molecule has 1 aromatic heterocycles. The van der Waals surface area contributed by atoms with Crippen LogP contribution in [0, 0.1) is 17.7 Å². The number of carbonyl (C=O) groups is 1. The summed E-state index contributed by atoms with van der Waals surface area (Å²) in [6.07, 6.45) is -0.0629. The summed E-state index contributed by atoms with van der Waals surface area (Å²) in [6, 6.07) is 7.08. The molecule has 4 nitrogen and oxygen atoms in total.